The first-order chi connectivity index (χ1) is 15.9. The van der Waals surface area contributed by atoms with E-state index in [2.05, 4.69) is 15.8 Å². The predicted octanol–water partition coefficient (Wildman–Crippen LogP) is 4.54. The van der Waals surface area contributed by atoms with Crippen molar-refractivity contribution >= 4 is 34.0 Å². The maximum Gasteiger partial charge on any atom is 0.407 e. The van der Waals surface area contributed by atoms with Gasteiger partial charge >= 0.3 is 6.09 Å². The third kappa shape index (κ3) is 5.73. The first-order valence-corrected chi connectivity index (χ1v) is 11.8. The molecular formula is C24H28N4O4S. The van der Waals surface area contributed by atoms with Gasteiger partial charge in [-0.3, -0.25) is 4.79 Å². The Labute approximate surface area is 196 Å². The number of nitrogens with zero attached hydrogens (tertiary/aromatic N) is 1. The smallest absolute Gasteiger partial charge is 0.407 e. The van der Waals surface area contributed by atoms with Crippen molar-refractivity contribution in [1.82, 2.24) is 10.5 Å². The highest BCUT2D eigenvalue weighted by atomic mass is 32.1. The van der Waals surface area contributed by atoms with E-state index in [1.165, 1.54) is 11.3 Å². The summed E-state index contributed by atoms with van der Waals surface area (Å²) in [6.45, 7) is 4.08. The van der Waals surface area contributed by atoms with Crippen molar-refractivity contribution in [2.24, 2.45) is 0 Å². The van der Waals surface area contributed by atoms with Gasteiger partial charge in [0.1, 0.15) is 11.1 Å². The molecule has 0 radical (unpaired) electrons. The number of hydrogen-bond donors (Lipinski definition) is 3. The van der Waals surface area contributed by atoms with Gasteiger partial charge < -0.3 is 25.6 Å². The molecule has 2 unspecified atom stereocenters. The van der Waals surface area contributed by atoms with Crippen molar-refractivity contribution in [2.75, 3.05) is 11.1 Å². The van der Waals surface area contributed by atoms with Crippen LogP contribution in [0.2, 0.25) is 0 Å². The number of carbonyl (C=O) groups is 2. The lowest BCUT2D eigenvalue weighted by Crippen LogP contribution is -2.31. The minimum Gasteiger partial charge on any atom is -0.446 e. The van der Waals surface area contributed by atoms with Crippen molar-refractivity contribution in [2.45, 2.75) is 58.1 Å². The Morgan fingerprint density at radius 3 is 2.85 bits per heavy atom. The minimum atomic E-state index is -0.495. The van der Waals surface area contributed by atoms with Gasteiger partial charge in [0.15, 0.2) is 5.76 Å². The molecule has 0 bridgehead atoms. The van der Waals surface area contributed by atoms with Crippen LogP contribution in [0.25, 0.3) is 0 Å². The van der Waals surface area contributed by atoms with Crippen LogP contribution in [0, 0.1) is 6.92 Å². The molecule has 4 N–H and O–H groups in total. The number of thiophene rings is 1. The van der Waals surface area contributed by atoms with Crippen LogP contribution in [0.15, 0.2) is 40.9 Å². The fourth-order valence-corrected chi connectivity index (χ4v) is 5.23. The van der Waals surface area contributed by atoms with E-state index in [4.69, 9.17) is 15.0 Å². The van der Waals surface area contributed by atoms with Gasteiger partial charge in [-0.1, -0.05) is 42.4 Å². The third-order valence-corrected chi connectivity index (χ3v) is 6.92. The molecule has 3 aromatic rings. The Balaban J connectivity index is 1.30. The monoisotopic (exact) mass is 468 g/mol. The van der Waals surface area contributed by atoms with Crippen molar-refractivity contribution in [3.8, 4) is 0 Å². The first-order valence-electron chi connectivity index (χ1n) is 11.0. The average molecular weight is 469 g/mol. The SMILES string of the molecule is Cc1cc(CNC(=O)OC2CCc3c(sc(NC(=O)CC(C)c4ccccc4)c3N)C2)on1. The number of alkyl carbamates (subject to hydrolysis) is 1. The highest BCUT2D eigenvalue weighted by molar-refractivity contribution is 7.17. The average Bonchev–Trinajstić information content (AvgIpc) is 3.35. The molecule has 1 aromatic carbocycles. The number of aryl methyl sites for hydroxylation is 1. The number of nitrogen functional groups attached to an aromatic ring is 1. The number of benzene rings is 1. The van der Waals surface area contributed by atoms with Crippen LogP contribution >= 0.6 is 11.3 Å². The molecule has 0 saturated carbocycles. The number of amides is 2. The van der Waals surface area contributed by atoms with Crippen LogP contribution in [-0.4, -0.2) is 23.3 Å². The Morgan fingerprint density at radius 1 is 1.33 bits per heavy atom. The Hall–Kier alpha value is -3.33. The topological polar surface area (TPSA) is 119 Å². The molecule has 0 fully saturated rings. The van der Waals surface area contributed by atoms with Gasteiger partial charge in [-0.05, 0) is 36.8 Å². The fraction of sp³-hybridized carbons (Fsp3) is 0.375. The fourth-order valence-electron chi connectivity index (χ4n) is 3.98. The second kappa shape index (κ2) is 10.1. The molecule has 1 aliphatic rings. The van der Waals surface area contributed by atoms with Crippen LogP contribution in [-0.2, 0) is 28.9 Å². The van der Waals surface area contributed by atoms with E-state index < -0.39 is 6.09 Å². The summed E-state index contributed by atoms with van der Waals surface area (Å²) in [5, 5.41) is 10.1. The van der Waals surface area contributed by atoms with E-state index in [0.29, 0.717) is 42.1 Å². The molecule has 174 valence electrons. The molecule has 2 amide bonds. The highest BCUT2D eigenvalue weighted by Crippen LogP contribution is 2.41. The van der Waals surface area contributed by atoms with Crippen molar-refractivity contribution in [3.63, 3.8) is 0 Å². The maximum atomic E-state index is 12.6. The second-order valence-electron chi connectivity index (χ2n) is 8.37. The standard InChI is InChI=1S/C24H28N4O4S/c1-14(16-6-4-3-5-7-16)10-21(29)27-23-22(25)19-9-8-17(12-20(19)33-23)31-24(30)26-13-18-11-15(2)28-32-18/h3-7,11,14,17H,8-10,12-13,25H2,1-2H3,(H,26,30)(H,27,29). The molecule has 2 aromatic heterocycles. The lowest BCUT2D eigenvalue weighted by Gasteiger charge is -2.22. The van der Waals surface area contributed by atoms with E-state index in [1.54, 1.807) is 6.07 Å². The zero-order valence-electron chi connectivity index (χ0n) is 18.7. The number of rotatable bonds is 7. The van der Waals surface area contributed by atoms with Gasteiger partial charge in [0.25, 0.3) is 0 Å². The van der Waals surface area contributed by atoms with Gasteiger partial charge in [-0.15, -0.1) is 11.3 Å². The molecule has 0 saturated heterocycles. The largest absolute Gasteiger partial charge is 0.446 e. The number of carbonyl (C=O) groups excluding carboxylic acids is 2. The van der Waals surface area contributed by atoms with Gasteiger partial charge in [0, 0.05) is 23.8 Å². The van der Waals surface area contributed by atoms with E-state index in [0.717, 1.165) is 21.7 Å². The summed E-state index contributed by atoms with van der Waals surface area (Å²) >= 11 is 1.47. The number of ether oxygens (including phenoxy) is 1. The summed E-state index contributed by atoms with van der Waals surface area (Å²) in [5.41, 5.74) is 9.89. The van der Waals surface area contributed by atoms with E-state index >= 15 is 0 Å². The number of nitrogens with two attached hydrogens (primary N) is 1. The molecule has 2 atom stereocenters. The zero-order valence-corrected chi connectivity index (χ0v) is 19.5. The molecular weight excluding hydrogens is 440 g/mol. The van der Waals surface area contributed by atoms with Gasteiger partial charge in [-0.2, -0.15) is 0 Å². The highest BCUT2D eigenvalue weighted by Gasteiger charge is 2.27. The van der Waals surface area contributed by atoms with E-state index in [9.17, 15) is 9.59 Å². The van der Waals surface area contributed by atoms with Crippen LogP contribution < -0.4 is 16.4 Å². The molecule has 8 nitrogen and oxygen atoms in total. The Morgan fingerprint density at radius 2 is 2.12 bits per heavy atom. The first kappa shape index (κ1) is 22.8. The van der Waals surface area contributed by atoms with Crippen molar-refractivity contribution in [1.29, 1.82) is 0 Å². The van der Waals surface area contributed by atoms with Crippen LogP contribution in [0.5, 0.6) is 0 Å². The summed E-state index contributed by atoms with van der Waals surface area (Å²) in [5.74, 6) is 0.619. The molecule has 2 heterocycles. The summed E-state index contributed by atoms with van der Waals surface area (Å²) in [6, 6.07) is 11.7. The minimum absolute atomic E-state index is 0.0634. The number of fused-ring (bicyclic) bond motifs is 1. The van der Waals surface area contributed by atoms with Crippen molar-refractivity contribution < 1.29 is 18.8 Å². The molecule has 33 heavy (non-hydrogen) atoms. The quantitative estimate of drug-likeness (QED) is 0.468. The molecule has 0 aliphatic heterocycles. The number of nitrogens with one attached hydrogen (secondary N) is 2. The van der Waals surface area contributed by atoms with Crippen molar-refractivity contribution in [3.05, 3.63) is 63.9 Å². The van der Waals surface area contributed by atoms with Gasteiger partial charge in [0.05, 0.1) is 17.9 Å². The lowest BCUT2D eigenvalue weighted by atomic mass is 9.95. The summed E-state index contributed by atoms with van der Waals surface area (Å²) in [4.78, 5) is 25.8. The predicted molar refractivity (Wildman–Crippen MR) is 127 cm³/mol. The molecule has 0 spiro atoms. The van der Waals surface area contributed by atoms with E-state index in [-0.39, 0.29) is 24.5 Å². The van der Waals surface area contributed by atoms with E-state index in [1.807, 2.05) is 44.2 Å². The van der Waals surface area contributed by atoms with Crippen LogP contribution in [0.3, 0.4) is 0 Å². The number of aromatic nitrogens is 1. The molecule has 9 heteroatoms. The normalized spacial score (nSPS) is 16.0. The van der Waals surface area contributed by atoms with Crippen LogP contribution in [0.4, 0.5) is 15.5 Å². The summed E-state index contributed by atoms with van der Waals surface area (Å²) in [7, 11) is 0. The van der Waals surface area contributed by atoms with Gasteiger partial charge in [0.2, 0.25) is 5.91 Å². The van der Waals surface area contributed by atoms with Crippen LogP contribution in [0.1, 0.15) is 53.1 Å². The maximum absolute atomic E-state index is 12.6. The summed E-state index contributed by atoms with van der Waals surface area (Å²) in [6.07, 6.45) is 1.60. The zero-order chi connectivity index (χ0) is 23.4. The molecule has 1 aliphatic carbocycles. The Kier molecular flexibility index (Phi) is 6.98. The second-order valence-corrected chi connectivity index (χ2v) is 9.47. The Bertz CT molecular complexity index is 1120. The van der Waals surface area contributed by atoms with Gasteiger partial charge in [-0.25, -0.2) is 4.79 Å². The summed E-state index contributed by atoms with van der Waals surface area (Å²) < 4.78 is 10.7. The number of hydrogen-bond acceptors (Lipinski definition) is 7. The lowest BCUT2D eigenvalue weighted by molar-refractivity contribution is -0.116. The molecule has 4 rings (SSSR count). The third-order valence-electron chi connectivity index (χ3n) is 5.73. The number of anilines is 2.